The molecular formula is C61H70N4O7S2. The molecule has 11 nitrogen and oxygen atoms in total. The lowest BCUT2D eigenvalue weighted by Gasteiger charge is -2.23. The quantitative estimate of drug-likeness (QED) is 0.0386. The summed E-state index contributed by atoms with van der Waals surface area (Å²) in [6.07, 6.45) is 12.9. The first-order valence-electron chi connectivity index (χ1n) is 26.5. The molecule has 0 spiro atoms. The lowest BCUT2D eigenvalue weighted by atomic mass is 9.98. The number of ether oxygens (including phenoxy) is 3. The summed E-state index contributed by atoms with van der Waals surface area (Å²) in [4.78, 5) is 62.6. The lowest BCUT2D eigenvalue weighted by molar-refractivity contribution is -0.119. The van der Waals surface area contributed by atoms with Gasteiger partial charge in [0.25, 0.3) is 11.8 Å². The number of hydrogen-bond donors (Lipinski definition) is 1. The van der Waals surface area contributed by atoms with Crippen LogP contribution in [0.2, 0.25) is 0 Å². The first-order valence-corrected chi connectivity index (χ1v) is 28.8. The summed E-state index contributed by atoms with van der Waals surface area (Å²) in [5, 5.41) is 3.18. The fourth-order valence-electron chi connectivity index (χ4n) is 10.9. The number of benzene rings is 5. The number of anilines is 3. The van der Waals surface area contributed by atoms with Crippen LogP contribution in [0.4, 0.5) is 17.1 Å². The van der Waals surface area contributed by atoms with E-state index >= 15 is 0 Å². The number of unbranched alkanes of at least 4 members (excludes halogenated alkanes) is 2. The van der Waals surface area contributed by atoms with Crippen LogP contribution in [0.1, 0.15) is 145 Å². The maximum absolute atomic E-state index is 14.2. The number of rotatable bonds is 23. The number of aliphatic imine (C=N–C) groups is 1. The third kappa shape index (κ3) is 12.5. The summed E-state index contributed by atoms with van der Waals surface area (Å²) in [6, 6.07) is 30.3. The summed E-state index contributed by atoms with van der Waals surface area (Å²) in [5.74, 6) is 2.89. The summed E-state index contributed by atoms with van der Waals surface area (Å²) in [7, 11) is 5.14. The number of carbonyl (C=O) groups is 4. The molecule has 5 aromatic carbocycles. The van der Waals surface area contributed by atoms with Crippen LogP contribution in [0.5, 0.6) is 17.2 Å². The molecule has 0 radical (unpaired) electrons. The number of nitrogens with zero attached hydrogens (tertiary/aromatic N) is 3. The van der Waals surface area contributed by atoms with E-state index < -0.39 is 0 Å². The van der Waals surface area contributed by atoms with Crippen LogP contribution >= 0.6 is 21.6 Å². The predicted octanol–water partition coefficient (Wildman–Crippen LogP) is 13.1. The summed E-state index contributed by atoms with van der Waals surface area (Å²) in [5.41, 5.74) is 10.9. The molecular weight excluding hydrogens is 965 g/mol. The van der Waals surface area contributed by atoms with Crippen LogP contribution < -0.4 is 29.3 Å². The van der Waals surface area contributed by atoms with Crippen LogP contribution in [-0.2, 0) is 48.5 Å². The van der Waals surface area contributed by atoms with Gasteiger partial charge in [-0.1, -0.05) is 64.4 Å². The maximum Gasteiger partial charge on any atom is 0.258 e. The van der Waals surface area contributed by atoms with Crippen molar-refractivity contribution >= 4 is 68.4 Å². The minimum Gasteiger partial charge on any atom is -0.493 e. The molecule has 0 aromatic heterocycles. The topological polar surface area (TPSA) is 127 Å². The molecule has 0 fully saturated rings. The van der Waals surface area contributed by atoms with Gasteiger partial charge in [0.1, 0.15) is 24.7 Å². The number of nitrogens with one attached hydrogen (secondary N) is 1. The Balaban J connectivity index is 0.868. The van der Waals surface area contributed by atoms with Crippen LogP contribution in [0, 0.1) is 6.92 Å². The fraction of sp³-hybridized carbons (Fsp3) is 0.426. The molecule has 3 amide bonds. The number of Topliss-reactive ketones (excluding diaryl/α,β-unsaturated/α-hetero) is 1. The fourth-order valence-corrected chi connectivity index (χ4v) is 13.6. The molecule has 0 unspecified atom stereocenters. The molecule has 4 aliphatic rings. The number of ketones is 1. The van der Waals surface area contributed by atoms with E-state index in [2.05, 4.69) is 42.4 Å². The largest absolute Gasteiger partial charge is 0.493 e. The van der Waals surface area contributed by atoms with Gasteiger partial charge in [-0.25, -0.2) is 0 Å². The van der Waals surface area contributed by atoms with E-state index in [0.717, 1.165) is 121 Å². The van der Waals surface area contributed by atoms with Crippen LogP contribution in [0.25, 0.3) is 0 Å². The van der Waals surface area contributed by atoms with Crippen molar-refractivity contribution in [3.05, 3.63) is 141 Å². The molecule has 4 heterocycles. The van der Waals surface area contributed by atoms with Gasteiger partial charge in [0.05, 0.1) is 7.11 Å². The zero-order chi connectivity index (χ0) is 51.8. The van der Waals surface area contributed by atoms with Crippen LogP contribution in [0.3, 0.4) is 0 Å². The van der Waals surface area contributed by atoms with Crippen molar-refractivity contribution < 1.29 is 33.4 Å². The zero-order valence-electron chi connectivity index (χ0n) is 43.6. The van der Waals surface area contributed by atoms with Crippen molar-refractivity contribution in [2.75, 3.05) is 34.5 Å². The Morgan fingerprint density at radius 1 is 0.716 bits per heavy atom. The molecule has 0 aliphatic carbocycles. The highest BCUT2D eigenvalue weighted by molar-refractivity contribution is 8.77. The van der Waals surface area contributed by atoms with Crippen molar-refractivity contribution in [2.24, 2.45) is 4.99 Å². The Morgan fingerprint density at radius 3 is 1.95 bits per heavy atom. The molecule has 1 N–H and O–H groups in total. The van der Waals surface area contributed by atoms with Gasteiger partial charge in [-0.3, -0.25) is 24.2 Å². The Hall–Kier alpha value is -6.05. The Bertz CT molecular complexity index is 2920. The molecule has 0 saturated carbocycles. The van der Waals surface area contributed by atoms with Crippen LogP contribution in [0.15, 0.2) is 96.0 Å². The van der Waals surface area contributed by atoms with E-state index in [1.165, 1.54) is 11.1 Å². The number of methoxy groups -OCH3 is 1. The van der Waals surface area contributed by atoms with E-state index in [1.54, 1.807) is 28.7 Å². The van der Waals surface area contributed by atoms with Crippen LogP contribution in [-0.4, -0.2) is 66.0 Å². The van der Waals surface area contributed by atoms with Gasteiger partial charge < -0.3 is 29.3 Å². The van der Waals surface area contributed by atoms with E-state index in [4.69, 9.17) is 14.2 Å². The van der Waals surface area contributed by atoms with Gasteiger partial charge in [-0.15, -0.1) is 0 Å². The summed E-state index contributed by atoms with van der Waals surface area (Å²) in [6.45, 7) is 9.47. The van der Waals surface area contributed by atoms with Crippen molar-refractivity contribution in [3.8, 4) is 17.2 Å². The van der Waals surface area contributed by atoms with Gasteiger partial charge in [0.15, 0.2) is 11.5 Å². The smallest absolute Gasteiger partial charge is 0.258 e. The minimum absolute atomic E-state index is 0.0207. The first-order chi connectivity index (χ1) is 35.9. The first kappa shape index (κ1) is 52.8. The van der Waals surface area contributed by atoms with E-state index in [-0.39, 0.29) is 47.8 Å². The second kappa shape index (κ2) is 24.1. The van der Waals surface area contributed by atoms with Gasteiger partial charge >= 0.3 is 0 Å². The number of fused-ring (bicyclic) bond motifs is 8. The second-order valence-electron chi connectivity index (χ2n) is 20.8. The van der Waals surface area contributed by atoms with Gasteiger partial charge in [0, 0.05) is 76.6 Å². The predicted molar refractivity (Wildman–Crippen MR) is 301 cm³/mol. The van der Waals surface area contributed by atoms with Gasteiger partial charge in [-0.05, 0) is 192 Å². The average Bonchev–Trinajstić information content (AvgIpc) is 3.89. The molecule has 2 atom stereocenters. The summed E-state index contributed by atoms with van der Waals surface area (Å²) < 4.78 is 18.9. The number of hydrogen-bond acceptors (Lipinski definition) is 10. The SMILES string of the molecule is CC=NCCCCCC(=O)CCCSSC(C)(C)CCC(=O)Nc1cc(COc2cc3c(cc2C)C(=O)N2c4ccccc4C[C@H]2CC3)cc(COc2cc3c(cc2OC)C(=O)N2c4ccccc4C[C@H]2CC3)c1. The van der Waals surface area contributed by atoms with Crippen molar-refractivity contribution in [1.29, 1.82) is 0 Å². The number of aryl methyl sites for hydroxylation is 3. The van der Waals surface area contributed by atoms with Gasteiger partial charge in [0.2, 0.25) is 5.91 Å². The number of amides is 3. The average molecular weight is 1040 g/mol. The molecule has 5 aromatic rings. The van der Waals surface area contributed by atoms with Gasteiger partial charge in [-0.2, -0.15) is 0 Å². The monoisotopic (exact) mass is 1030 g/mol. The Labute approximate surface area is 445 Å². The maximum atomic E-state index is 14.2. The molecule has 0 saturated heterocycles. The number of carbonyl (C=O) groups excluding carboxylic acids is 4. The third-order valence-corrected chi connectivity index (χ3v) is 18.2. The Morgan fingerprint density at radius 2 is 1.31 bits per heavy atom. The molecule has 4 aliphatic heterocycles. The van der Waals surface area contributed by atoms with E-state index in [9.17, 15) is 19.2 Å². The molecule has 388 valence electrons. The third-order valence-electron chi connectivity index (χ3n) is 14.8. The standard InChI is InChI=1S/C61H70N4O7S2/c1-6-62-27-13-7-8-17-50(66)18-14-28-73-74-61(3,4)26-25-58(67)63-47-31-41(38-71-55-35-43-21-23-48-33-45-15-9-11-19-53(45)64(48)59(68)51(43)29-40(55)2)30-42(32-47)39-72-57-36-44-22-24-49-34-46-16-10-12-20-54(46)65(49)60(69)52(44)37-56(57)70-5/h6,9-12,15-16,19-20,29-32,35-37,48-49H,7-8,13-14,17-18,21-28,33-34,38-39H2,1-5H3,(H,63,67)/t48-,49-/m1/s1. The van der Waals surface area contributed by atoms with E-state index in [1.807, 2.05) is 103 Å². The molecule has 74 heavy (non-hydrogen) atoms. The highest BCUT2D eigenvalue weighted by Gasteiger charge is 2.39. The highest BCUT2D eigenvalue weighted by atomic mass is 33.1. The van der Waals surface area contributed by atoms with E-state index in [0.29, 0.717) is 60.0 Å². The second-order valence-corrected chi connectivity index (χ2v) is 23.9. The summed E-state index contributed by atoms with van der Waals surface area (Å²) >= 11 is 0. The van der Waals surface area contributed by atoms with Crippen molar-refractivity contribution in [1.82, 2.24) is 0 Å². The molecule has 9 rings (SSSR count). The Kier molecular flexibility index (Phi) is 17.2. The lowest BCUT2D eigenvalue weighted by Crippen LogP contribution is -2.36. The minimum atomic E-state index is -0.156. The number of para-hydroxylation sites is 2. The molecule has 0 bridgehead atoms. The van der Waals surface area contributed by atoms with Crippen molar-refractivity contribution in [3.63, 3.8) is 0 Å². The van der Waals surface area contributed by atoms with Crippen molar-refractivity contribution in [2.45, 2.75) is 148 Å². The normalized spacial score (nSPS) is 16.7. The highest BCUT2D eigenvalue weighted by Crippen LogP contribution is 2.43. The molecule has 13 heteroatoms. The zero-order valence-corrected chi connectivity index (χ0v) is 45.3.